The van der Waals surface area contributed by atoms with Crippen molar-refractivity contribution in [3.05, 3.63) is 41.4 Å². The van der Waals surface area contributed by atoms with Gasteiger partial charge in [-0.3, -0.25) is 0 Å². The highest BCUT2D eigenvalue weighted by Crippen LogP contribution is 2.23. The molecule has 0 saturated carbocycles. The van der Waals surface area contributed by atoms with Gasteiger partial charge in [-0.25, -0.2) is 8.42 Å². The number of ether oxygens (including phenoxy) is 1. The van der Waals surface area contributed by atoms with Crippen LogP contribution in [-0.2, 0) is 21.1 Å². The first-order valence-electron chi connectivity index (χ1n) is 6.33. The summed E-state index contributed by atoms with van der Waals surface area (Å²) >= 11 is 6.07. The van der Waals surface area contributed by atoms with Crippen LogP contribution in [0.25, 0.3) is 0 Å². The van der Waals surface area contributed by atoms with E-state index >= 15 is 0 Å². The Balaban J connectivity index is 2.54. The van der Waals surface area contributed by atoms with Gasteiger partial charge in [0, 0.05) is 29.9 Å². The van der Waals surface area contributed by atoms with Crippen molar-refractivity contribution in [1.29, 1.82) is 0 Å². The number of rotatable bonds is 9. The molecule has 0 aliphatic heterocycles. The van der Waals surface area contributed by atoms with Crippen molar-refractivity contribution < 1.29 is 13.2 Å². The summed E-state index contributed by atoms with van der Waals surface area (Å²) in [6.45, 7) is 5.84. The molecule has 0 spiro atoms. The second-order valence-corrected chi connectivity index (χ2v) is 6.75. The maximum atomic E-state index is 11.7. The zero-order valence-electron chi connectivity index (χ0n) is 11.6. The van der Waals surface area contributed by atoms with Gasteiger partial charge in [0.05, 0.1) is 18.1 Å². The minimum Gasteiger partial charge on any atom is -0.380 e. The maximum absolute atomic E-state index is 11.7. The lowest BCUT2D eigenvalue weighted by Crippen LogP contribution is -2.21. The van der Waals surface area contributed by atoms with Gasteiger partial charge in [-0.2, -0.15) is 0 Å². The topological polar surface area (TPSA) is 55.4 Å². The second kappa shape index (κ2) is 8.42. The first-order chi connectivity index (χ1) is 9.46. The molecule has 0 saturated heterocycles. The van der Waals surface area contributed by atoms with Crippen molar-refractivity contribution in [2.75, 3.05) is 26.0 Å². The van der Waals surface area contributed by atoms with E-state index in [-0.39, 0.29) is 4.90 Å². The molecule has 0 aliphatic rings. The zero-order chi connectivity index (χ0) is 15.0. The van der Waals surface area contributed by atoms with Crippen LogP contribution in [0.3, 0.4) is 0 Å². The molecule has 1 N–H and O–H groups in total. The van der Waals surface area contributed by atoms with Gasteiger partial charge in [-0.05, 0) is 18.6 Å². The van der Waals surface area contributed by atoms with E-state index in [1.54, 1.807) is 24.3 Å². The number of nitrogens with one attached hydrogen (secondary N) is 1. The summed E-state index contributed by atoms with van der Waals surface area (Å²) in [4.78, 5) is 0.269. The highest BCUT2D eigenvalue weighted by Gasteiger charge is 2.15. The normalized spacial score (nSPS) is 11.5. The van der Waals surface area contributed by atoms with E-state index in [9.17, 15) is 8.42 Å². The van der Waals surface area contributed by atoms with Gasteiger partial charge in [-0.15, -0.1) is 6.58 Å². The molecule has 0 heterocycles. The molecule has 20 heavy (non-hydrogen) atoms. The SMILES string of the molecule is C=CCCOCCNCc1c(Cl)cccc1S(C)(=O)=O. The summed E-state index contributed by atoms with van der Waals surface area (Å²) in [7, 11) is -3.28. The third-order valence-electron chi connectivity index (χ3n) is 2.67. The Morgan fingerprint density at radius 2 is 2.15 bits per heavy atom. The Kier molecular flexibility index (Phi) is 7.23. The van der Waals surface area contributed by atoms with Crippen LogP contribution in [0, 0.1) is 0 Å². The molecular formula is C14H20ClNO3S. The maximum Gasteiger partial charge on any atom is 0.175 e. The van der Waals surface area contributed by atoms with Crippen LogP contribution >= 0.6 is 11.6 Å². The van der Waals surface area contributed by atoms with Crippen LogP contribution in [0.5, 0.6) is 0 Å². The third-order valence-corrected chi connectivity index (χ3v) is 4.20. The highest BCUT2D eigenvalue weighted by atomic mass is 35.5. The lowest BCUT2D eigenvalue weighted by Gasteiger charge is -2.11. The highest BCUT2D eigenvalue weighted by molar-refractivity contribution is 7.90. The molecule has 1 aromatic rings. The van der Waals surface area contributed by atoms with Crippen molar-refractivity contribution in [3.63, 3.8) is 0 Å². The van der Waals surface area contributed by atoms with Gasteiger partial charge >= 0.3 is 0 Å². The van der Waals surface area contributed by atoms with Gasteiger partial charge < -0.3 is 10.1 Å². The Labute approximate surface area is 125 Å². The Hall–Kier alpha value is -0.880. The van der Waals surface area contributed by atoms with E-state index in [2.05, 4.69) is 11.9 Å². The van der Waals surface area contributed by atoms with E-state index in [0.717, 1.165) is 6.42 Å². The summed E-state index contributed by atoms with van der Waals surface area (Å²) in [6.07, 6.45) is 3.80. The van der Waals surface area contributed by atoms with E-state index in [1.807, 2.05) is 0 Å². The number of hydrogen-bond acceptors (Lipinski definition) is 4. The van der Waals surface area contributed by atoms with E-state index in [0.29, 0.717) is 36.9 Å². The Morgan fingerprint density at radius 3 is 2.80 bits per heavy atom. The molecule has 1 aromatic carbocycles. The monoisotopic (exact) mass is 317 g/mol. The fourth-order valence-electron chi connectivity index (χ4n) is 1.68. The number of benzene rings is 1. The Bertz CT molecular complexity index is 543. The van der Waals surface area contributed by atoms with Crippen molar-refractivity contribution in [3.8, 4) is 0 Å². The molecule has 0 fully saturated rings. The van der Waals surface area contributed by atoms with E-state index in [4.69, 9.17) is 16.3 Å². The average molecular weight is 318 g/mol. The van der Waals surface area contributed by atoms with Gasteiger partial charge in [-0.1, -0.05) is 23.7 Å². The first-order valence-corrected chi connectivity index (χ1v) is 8.60. The third kappa shape index (κ3) is 5.63. The molecule has 0 amide bonds. The van der Waals surface area contributed by atoms with Crippen LogP contribution in [-0.4, -0.2) is 34.4 Å². The fourth-order valence-corrected chi connectivity index (χ4v) is 2.94. The molecule has 0 atom stereocenters. The van der Waals surface area contributed by atoms with Crippen molar-refractivity contribution in [2.24, 2.45) is 0 Å². The molecular weight excluding hydrogens is 298 g/mol. The molecule has 1 rings (SSSR count). The largest absolute Gasteiger partial charge is 0.380 e. The van der Waals surface area contributed by atoms with E-state index in [1.165, 1.54) is 6.26 Å². The minimum absolute atomic E-state index is 0.269. The lowest BCUT2D eigenvalue weighted by atomic mass is 10.2. The predicted molar refractivity (Wildman–Crippen MR) is 81.9 cm³/mol. The molecule has 6 heteroatoms. The van der Waals surface area contributed by atoms with Gasteiger partial charge in [0.15, 0.2) is 9.84 Å². The quantitative estimate of drug-likeness (QED) is 0.561. The molecule has 0 bridgehead atoms. The van der Waals surface area contributed by atoms with Gasteiger partial charge in [0.25, 0.3) is 0 Å². The molecule has 0 radical (unpaired) electrons. The molecule has 4 nitrogen and oxygen atoms in total. The van der Waals surface area contributed by atoms with Crippen LogP contribution in [0.15, 0.2) is 35.7 Å². The summed E-state index contributed by atoms with van der Waals surface area (Å²) in [5.41, 5.74) is 0.600. The zero-order valence-corrected chi connectivity index (χ0v) is 13.1. The summed E-state index contributed by atoms with van der Waals surface area (Å²) in [6, 6.07) is 4.90. The number of sulfone groups is 1. The molecule has 0 aromatic heterocycles. The molecule has 112 valence electrons. The summed E-state index contributed by atoms with van der Waals surface area (Å²) in [5, 5.41) is 3.58. The van der Waals surface area contributed by atoms with Crippen LogP contribution in [0.4, 0.5) is 0 Å². The standard InChI is InChI=1S/C14H20ClNO3S/c1-3-4-9-19-10-8-16-11-12-13(15)6-5-7-14(12)20(2,17)18/h3,5-7,16H,1,4,8-11H2,2H3. The van der Waals surface area contributed by atoms with E-state index < -0.39 is 9.84 Å². The van der Waals surface area contributed by atoms with Crippen LogP contribution < -0.4 is 5.32 Å². The second-order valence-electron chi connectivity index (χ2n) is 4.36. The van der Waals surface area contributed by atoms with Crippen molar-refractivity contribution >= 4 is 21.4 Å². The predicted octanol–water partition coefficient (Wildman–Crippen LogP) is 2.43. The van der Waals surface area contributed by atoms with Gasteiger partial charge in [0.2, 0.25) is 0 Å². The average Bonchev–Trinajstić information content (AvgIpc) is 2.38. The smallest absolute Gasteiger partial charge is 0.175 e. The van der Waals surface area contributed by atoms with Crippen LogP contribution in [0.1, 0.15) is 12.0 Å². The summed E-state index contributed by atoms with van der Waals surface area (Å²) in [5.74, 6) is 0. The first kappa shape index (κ1) is 17.2. The minimum atomic E-state index is -3.28. The fraction of sp³-hybridized carbons (Fsp3) is 0.429. The molecule has 0 aliphatic carbocycles. The van der Waals surface area contributed by atoms with Crippen LogP contribution in [0.2, 0.25) is 5.02 Å². The number of halogens is 1. The number of hydrogen-bond donors (Lipinski definition) is 1. The lowest BCUT2D eigenvalue weighted by molar-refractivity contribution is 0.140. The van der Waals surface area contributed by atoms with Gasteiger partial charge in [0.1, 0.15) is 0 Å². The van der Waals surface area contributed by atoms with Crippen molar-refractivity contribution in [2.45, 2.75) is 17.9 Å². The summed E-state index contributed by atoms with van der Waals surface area (Å²) < 4.78 is 28.7. The Morgan fingerprint density at radius 1 is 1.40 bits per heavy atom. The molecule has 0 unspecified atom stereocenters. The van der Waals surface area contributed by atoms with Crippen molar-refractivity contribution in [1.82, 2.24) is 5.32 Å².